The smallest absolute Gasteiger partial charge is 0.270 e. The van der Waals surface area contributed by atoms with Gasteiger partial charge < -0.3 is 5.73 Å². The fraction of sp³-hybridized carbons (Fsp3) is 0.500. The molecule has 1 heterocycles. The molecule has 7 nitrogen and oxygen atoms in total. The van der Waals surface area contributed by atoms with E-state index in [9.17, 15) is 18.5 Å². The van der Waals surface area contributed by atoms with Crippen LogP contribution in [0.25, 0.3) is 0 Å². The minimum atomic E-state index is -3.70. The topological polar surface area (TPSA) is 107 Å². The molecule has 8 heteroatoms. The fourth-order valence-corrected chi connectivity index (χ4v) is 4.10. The number of nitrogens with zero attached hydrogens (tertiary/aromatic N) is 2. The van der Waals surface area contributed by atoms with Gasteiger partial charge in [-0.05, 0) is 31.4 Å². The number of hydrogen-bond acceptors (Lipinski definition) is 5. The van der Waals surface area contributed by atoms with Crippen LogP contribution in [0.3, 0.4) is 0 Å². The Bertz CT molecular complexity index is 630. The van der Waals surface area contributed by atoms with Crippen molar-refractivity contribution in [2.24, 2.45) is 11.7 Å². The van der Waals surface area contributed by atoms with Crippen molar-refractivity contribution in [2.45, 2.75) is 18.2 Å². The quantitative estimate of drug-likeness (QED) is 0.656. The zero-order valence-corrected chi connectivity index (χ0v) is 12.0. The second-order valence-corrected chi connectivity index (χ2v) is 6.87. The van der Waals surface area contributed by atoms with Crippen LogP contribution in [0, 0.1) is 23.0 Å². The molecule has 0 spiro atoms. The summed E-state index contributed by atoms with van der Waals surface area (Å²) >= 11 is 0. The molecule has 2 rings (SSSR count). The molecule has 1 aromatic rings. The highest BCUT2D eigenvalue weighted by atomic mass is 32.2. The maximum Gasteiger partial charge on any atom is 0.270 e. The van der Waals surface area contributed by atoms with Crippen molar-refractivity contribution in [3.05, 3.63) is 33.9 Å². The fourth-order valence-electron chi connectivity index (χ4n) is 2.33. The molecule has 1 aromatic carbocycles. The molecule has 0 amide bonds. The number of hydrogen-bond donors (Lipinski definition) is 1. The molecule has 0 radical (unpaired) electrons. The maximum absolute atomic E-state index is 12.6. The van der Waals surface area contributed by atoms with Crippen LogP contribution in [0.2, 0.25) is 0 Å². The van der Waals surface area contributed by atoms with Gasteiger partial charge in [-0.3, -0.25) is 10.1 Å². The molecular weight excluding hydrogens is 282 g/mol. The highest BCUT2D eigenvalue weighted by Crippen LogP contribution is 2.28. The molecule has 1 aliphatic rings. The van der Waals surface area contributed by atoms with E-state index in [4.69, 9.17) is 5.73 Å². The Labute approximate surface area is 117 Å². The van der Waals surface area contributed by atoms with Gasteiger partial charge >= 0.3 is 0 Å². The van der Waals surface area contributed by atoms with Crippen molar-refractivity contribution in [3.63, 3.8) is 0 Å². The van der Waals surface area contributed by atoms with Crippen LogP contribution in [0.5, 0.6) is 0 Å². The first kappa shape index (κ1) is 14.9. The summed E-state index contributed by atoms with van der Waals surface area (Å²) in [4.78, 5) is 10.2. The number of benzene rings is 1. The van der Waals surface area contributed by atoms with Gasteiger partial charge in [0.05, 0.1) is 9.82 Å². The van der Waals surface area contributed by atoms with Crippen molar-refractivity contribution in [1.29, 1.82) is 0 Å². The lowest BCUT2D eigenvalue weighted by molar-refractivity contribution is -0.385. The SMILES string of the molecule is Cc1ccc([N+](=O)[O-])cc1S(=O)(=O)N1CCC(CN)C1. The van der Waals surface area contributed by atoms with Crippen LogP contribution < -0.4 is 5.73 Å². The predicted molar refractivity (Wildman–Crippen MR) is 73.8 cm³/mol. The van der Waals surface area contributed by atoms with Crippen LogP contribution in [-0.2, 0) is 10.0 Å². The molecular formula is C12H17N3O4S. The third-order valence-corrected chi connectivity index (χ3v) is 5.59. The van der Waals surface area contributed by atoms with E-state index in [1.165, 1.54) is 16.4 Å². The Morgan fingerprint density at radius 3 is 2.75 bits per heavy atom. The van der Waals surface area contributed by atoms with E-state index in [-0.39, 0.29) is 16.5 Å². The minimum absolute atomic E-state index is 0.00405. The first-order valence-electron chi connectivity index (χ1n) is 6.31. The molecule has 0 aromatic heterocycles. The molecule has 1 saturated heterocycles. The van der Waals surface area contributed by atoms with Crippen molar-refractivity contribution in [3.8, 4) is 0 Å². The standard InChI is InChI=1S/C12H17N3O4S/c1-9-2-3-11(15(16)17)6-12(9)20(18,19)14-5-4-10(7-13)8-14/h2-3,6,10H,4-5,7-8,13H2,1H3. The summed E-state index contributed by atoms with van der Waals surface area (Å²) in [6, 6.07) is 3.89. The summed E-state index contributed by atoms with van der Waals surface area (Å²) < 4.78 is 26.5. The van der Waals surface area contributed by atoms with Crippen molar-refractivity contribution in [2.75, 3.05) is 19.6 Å². The molecule has 1 aliphatic heterocycles. The normalized spacial score (nSPS) is 20.2. The Morgan fingerprint density at radius 2 is 2.20 bits per heavy atom. The summed E-state index contributed by atoms with van der Waals surface area (Å²) in [5.41, 5.74) is 5.85. The predicted octanol–water partition coefficient (Wildman–Crippen LogP) is 0.873. The van der Waals surface area contributed by atoms with Gasteiger partial charge in [-0.1, -0.05) is 6.07 Å². The summed E-state index contributed by atoms with van der Waals surface area (Å²) in [6.45, 7) is 2.86. The van der Waals surface area contributed by atoms with E-state index in [0.717, 1.165) is 12.5 Å². The minimum Gasteiger partial charge on any atom is -0.330 e. The van der Waals surface area contributed by atoms with Gasteiger partial charge in [0, 0.05) is 25.2 Å². The third kappa shape index (κ3) is 2.67. The lowest BCUT2D eigenvalue weighted by Crippen LogP contribution is -2.30. The van der Waals surface area contributed by atoms with E-state index in [1.807, 2.05) is 0 Å². The number of rotatable bonds is 4. The van der Waals surface area contributed by atoms with Gasteiger partial charge in [-0.15, -0.1) is 0 Å². The molecule has 0 bridgehead atoms. The number of aryl methyl sites for hydroxylation is 1. The monoisotopic (exact) mass is 299 g/mol. The Kier molecular flexibility index (Phi) is 4.07. The molecule has 1 atom stereocenters. The van der Waals surface area contributed by atoms with Crippen LogP contribution in [0.4, 0.5) is 5.69 Å². The second kappa shape index (κ2) is 5.47. The summed E-state index contributed by atoms with van der Waals surface area (Å²) in [5.74, 6) is 0.156. The molecule has 0 saturated carbocycles. The van der Waals surface area contributed by atoms with Gasteiger partial charge in [-0.2, -0.15) is 4.31 Å². The number of non-ortho nitro benzene ring substituents is 1. The summed E-state index contributed by atoms with van der Waals surface area (Å²) in [6.07, 6.45) is 0.726. The molecule has 2 N–H and O–H groups in total. The van der Waals surface area contributed by atoms with E-state index in [1.54, 1.807) is 6.92 Å². The molecule has 0 aliphatic carbocycles. The maximum atomic E-state index is 12.6. The van der Waals surface area contributed by atoms with Gasteiger partial charge in [-0.25, -0.2) is 8.42 Å². The van der Waals surface area contributed by atoms with Gasteiger partial charge in [0.15, 0.2) is 0 Å². The van der Waals surface area contributed by atoms with Crippen LogP contribution in [0.15, 0.2) is 23.1 Å². The number of nitro groups is 1. The number of nitrogens with two attached hydrogens (primary N) is 1. The zero-order valence-electron chi connectivity index (χ0n) is 11.2. The van der Waals surface area contributed by atoms with Crippen molar-refractivity contribution >= 4 is 15.7 Å². The highest BCUT2D eigenvalue weighted by Gasteiger charge is 2.33. The highest BCUT2D eigenvalue weighted by molar-refractivity contribution is 7.89. The van der Waals surface area contributed by atoms with E-state index < -0.39 is 14.9 Å². The molecule has 1 unspecified atom stereocenters. The van der Waals surface area contributed by atoms with Gasteiger partial charge in [0.1, 0.15) is 0 Å². The van der Waals surface area contributed by atoms with Gasteiger partial charge in [0.25, 0.3) is 5.69 Å². The Hall–Kier alpha value is -1.51. The lowest BCUT2D eigenvalue weighted by Gasteiger charge is -2.17. The van der Waals surface area contributed by atoms with Gasteiger partial charge in [0.2, 0.25) is 10.0 Å². The lowest BCUT2D eigenvalue weighted by atomic mass is 10.1. The summed E-state index contributed by atoms with van der Waals surface area (Å²) in [7, 11) is -3.70. The van der Waals surface area contributed by atoms with E-state index in [0.29, 0.717) is 25.2 Å². The Balaban J connectivity index is 2.39. The average molecular weight is 299 g/mol. The molecule has 1 fully saturated rings. The van der Waals surface area contributed by atoms with Crippen LogP contribution in [0.1, 0.15) is 12.0 Å². The molecule has 110 valence electrons. The van der Waals surface area contributed by atoms with Crippen LogP contribution in [-0.4, -0.2) is 37.3 Å². The third-order valence-electron chi connectivity index (χ3n) is 3.58. The molecule has 20 heavy (non-hydrogen) atoms. The van der Waals surface area contributed by atoms with Crippen LogP contribution >= 0.6 is 0 Å². The Morgan fingerprint density at radius 1 is 1.50 bits per heavy atom. The van der Waals surface area contributed by atoms with Crippen molar-refractivity contribution in [1.82, 2.24) is 4.31 Å². The first-order chi connectivity index (χ1) is 9.36. The zero-order chi connectivity index (χ0) is 14.9. The number of nitro benzene ring substituents is 1. The van der Waals surface area contributed by atoms with Crippen molar-refractivity contribution < 1.29 is 13.3 Å². The second-order valence-electron chi connectivity index (χ2n) is 4.96. The average Bonchev–Trinajstić information content (AvgIpc) is 2.88. The largest absolute Gasteiger partial charge is 0.330 e. The summed E-state index contributed by atoms with van der Waals surface area (Å²) in [5, 5.41) is 10.8. The first-order valence-corrected chi connectivity index (χ1v) is 7.75. The van der Waals surface area contributed by atoms with E-state index >= 15 is 0 Å². The number of sulfonamides is 1. The van der Waals surface area contributed by atoms with E-state index in [2.05, 4.69) is 0 Å².